The lowest BCUT2D eigenvalue weighted by Crippen LogP contribution is -2.38. The van der Waals surface area contributed by atoms with Crippen LogP contribution in [0, 0.1) is 4.77 Å². The Bertz CT molecular complexity index is 942. The average molecular weight is 394 g/mol. The summed E-state index contributed by atoms with van der Waals surface area (Å²) in [6.07, 6.45) is 10.2. The fourth-order valence-electron chi connectivity index (χ4n) is 4.09. The van der Waals surface area contributed by atoms with E-state index in [1.54, 1.807) is 12.4 Å². The van der Waals surface area contributed by atoms with Crippen LogP contribution < -0.4 is 0 Å². The SMILES string of the molecule is CCN(Cn1nc(-c2ccncc2)n(-c2ccccc2)c1=S)C1CCCCC1. The third-order valence-corrected chi connectivity index (χ3v) is 6.00. The van der Waals surface area contributed by atoms with Crippen LogP contribution in [0.25, 0.3) is 17.1 Å². The molecule has 0 saturated heterocycles. The molecule has 0 atom stereocenters. The summed E-state index contributed by atoms with van der Waals surface area (Å²) in [4.78, 5) is 6.67. The van der Waals surface area contributed by atoms with Crippen molar-refractivity contribution < 1.29 is 0 Å². The van der Waals surface area contributed by atoms with Gasteiger partial charge in [0, 0.05) is 29.7 Å². The molecular formula is C22H27N5S. The first-order valence-corrected chi connectivity index (χ1v) is 10.6. The van der Waals surface area contributed by atoms with Gasteiger partial charge in [-0.05, 0) is 55.9 Å². The lowest BCUT2D eigenvalue weighted by atomic mass is 9.94. The fraction of sp³-hybridized carbons (Fsp3) is 0.409. The van der Waals surface area contributed by atoms with E-state index in [9.17, 15) is 0 Å². The van der Waals surface area contributed by atoms with Crippen molar-refractivity contribution in [1.29, 1.82) is 0 Å². The average Bonchev–Trinajstić information content (AvgIpc) is 3.10. The van der Waals surface area contributed by atoms with Gasteiger partial charge in [-0.2, -0.15) is 0 Å². The summed E-state index contributed by atoms with van der Waals surface area (Å²) in [6, 6.07) is 14.8. The van der Waals surface area contributed by atoms with Crippen LogP contribution in [0.3, 0.4) is 0 Å². The molecular weight excluding hydrogens is 366 g/mol. The van der Waals surface area contributed by atoms with Gasteiger partial charge in [0.2, 0.25) is 4.77 Å². The van der Waals surface area contributed by atoms with Crippen molar-refractivity contribution in [3.8, 4) is 17.1 Å². The normalized spacial score (nSPS) is 15.2. The van der Waals surface area contributed by atoms with Gasteiger partial charge < -0.3 is 0 Å². The van der Waals surface area contributed by atoms with Crippen LogP contribution in [0.4, 0.5) is 0 Å². The third-order valence-electron chi connectivity index (χ3n) is 5.61. The highest BCUT2D eigenvalue weighted by Gasteiger charge is 2.22. The van der Waals surface area contributed by atoms with E-state index >= 15 is 0 Å². The van der Waals surface area contributed by atoms with E-state index in [1.807, 2.05) is 35.0 Å². The highest BCUT2D eigenvalue weighted by atomic mass is 32.1. The monoisotopic (exact) mass is 393 g/mol. The molecule has 2 aromatic heterocycles. The molecule has 146 valence electrons. The standard InChI is InChI=1S/C22H27N5S/c1-2-25(19-9-5-3-6-10-19)17-26-22(28)27(20-11-7-4-8-12-20)21(24-26)18-13-15-23-16-14-18/h4,7-8,11-16,19H,2-3,5-6,9-10,17H2,1H3. The van der Waals surface area contributed by atoms with Gasteiger partial charge in [0.25, 0.3) is 0 Å². The second-order valence-corrected chi connectivity index (χ2v) is 7.72. The van der Waals surface area contributed by atoms with Crippen molar-refractivity contribution in [3.05, 3.63) is 59.6 Å². The van der Waals surface area contributed by atoms with E-state index in [0.29, 0.717) is 6.04 Å². The van der Waals surface area contributed by atoms with Crippen molar-refractivity contribution in [1.82, 2.24) is 24.2 Å². The molecule has 5 nitrogen and oxygen atoms in total. The molecule has 1 saturated carbocycles. The summed E-state index contributed by atoms with van der Waals surface area (Å²) >= 11 is 5.88. The minimum Gasteiger partial charge on any atom is -0.282 e. The number of nitrogens with zero attached hydrogens (tertiary/aromatic N) is 5. The highest BCUT2D eigenvalue weighted by molar-refractivity contribution is 7.71. The van der Waals surface area contributed by atoms with E-state index in [1.165, 1.54) is 32.1 Å². The zero-order chi connectivity index (χ0) is 19.3. The second-order valence-electron chi connectivity index (χ2n) is 7.35. The highest BCUT2D eigenvalue weighted by Crippen LogP contribution is 2.25. The van der Waals surface area contributed by atoms with Gasteiger partial charge in [-0.3, -0.25) is 14.5 Å². The Morgan fingerprint density at radius 2 is 1.75 bits per heavy atom. The molecule has 3 aromatic rings. The molecule has 6 heteroatoms. The molecule has 1 aliphatic rings. The van der Waals surface area contributed by atoms with Crippen molar-refractivity contribution in [3.63, 3.8) is 0 Å². The largest absolute Gasteiger partial charge is 0.282 e. The number of hydrogen-bond acceptors (Lipinski definition) is 4. The molecule has 0 amide bonds. The van der Waals surface area contributed by atoms with Crippen molar-refractivity contribution in [2.75, 3.05) is 6.54 Å². The van der Waals surface area contributed by atoms with Gasteiger partial charge in [-0.1, -0.05) is 44.4 Å². The minimum atomic E-state index is 0.631. The van der Waals surface area contributed by atoms with E-state index in [4.69, 9.17) is 17.3 Å². The maximum atomic E-state index is 5.88. The van der Waals surface area contributed by atoms with E-state index in [2.05, 4.69) is 33.5 Å². The van der Waals surface area contributed by atoms with Gasteiger partial charge in [-0.15, -0.1) is 5.10 Å². The lowest BCUT2D eigenvalue weighted by Gasteiger charge is -2.33. The summed E-state index contributed by atoms with van der Waals surface area (Å²) in [5.41, 5.74) is 2.05. The Morgan fingerprint density at radius 3 is 2.43 bits per heavy atom. The molecule has 0 bridgehead atoms. The Balaban J connectivity index is 1.74. The first-order chi connectivity index (χ1) is 13.8. The summed E-state index contributed by atoms with van der Waals surface area (Å²) in [5, 5.41) is 4.94. The van der Waals surface area contributed by atoms with Gasteiger partial charge in [-0.25, -0.2) is 4.68 Å². The number of aromatic nitrogens is 4. The predicted octanol–water partition coefficient (Wildman–Crippen LogP) is 5.08. The predicted molar refractivity (Wildman–Crippen MR) is 115 cm³/mol. The van der Waals surface area contributed by atoms with Crippen LogP contribution in [-0.4, -0.2) is 36.8 Å². The lowest BCUT2D eigenvalue weighted by molar-refractivity contribution is 0.119. The summed E-state index contributed by atoms with van der Waals surface area (Å²) in [6.45, 7) is 3.98. The van der Waals surface area contributed by atoms with Crippen LogP contribution in [0.15, 0.2) is 54.9 Å². The molecule has 0 aliphatic heterocycles. The maximum Gasteiger partial charge on any atom is 0.204 e. The molecule has 0 radical (unpaired) electrons. The molecule has 28 heavy (non-hydrogen) atoms. The van der Waals surface area contributed by atoms with E-state index in [0.717, 1.165) is 35.1 Å². The molecule has 4 rings (SSSR count). The van der Waals surface area contributed by atoms with Crippen LogP contribution in [0.1, 0.15) is 39.0 Å². The minimum absolute atomic E-state index is 0.631. The molecule has 0 spiro atoms. The van der Waals surface area contributed by atoms with Crippen LogP contribution in [0.5, 0.6) is 0 Å². The Kier molecular flexibility index (Phi) is 5.98. The van der Waals surface area contributed by atoms with E-state index in [-0.39, 0.29) is 0 Å². The first-order valence-electron chi connectivity index (χ1n) is 10.2. The van der Waals surface area contributed by atoms with Crippen molar-refractivity contribution in [2.24, 2.45) is 0 Å². The zero-order valence-corrected chi connectivity index (χ0v) is 17.2. The number of pyridine rings is 1. The Labute approximate surface area is 171 Å². The molecule has 1 fully saturated rings. The number of para-hydroxylation sites is 1. The van der Waals surface area contributed by atoms with Gasteiger partial charge in [0.15, 0.2) is 5.82 Å². The topological polar surface area (TPSA) is 38.9 Å². The second kappa shape index (κ2) is 8.80. The summed E-state index contributed by atoms with van der Waals surface area (Å²) in [5.74, 6) is 0.860. The molecule has 1 aromatic carbocycles. The van der Waals surface area contributed by atoms with Crippen molar-refractivity contribution in [2.45, 2.75) is 51.7 Å². The summed E-state index contributed by atoms with van der Waals surface area (Å²) in [7, 11) is 0. The number of rotatable bonds is 6. The van der Waals surface area contributed by atoms with Crippen molar-refractivity contribution >= 4 is 12.2 Å². The molecule has 2 heterocycles. The number of benzene rings is 1. The van der Waals surface area contributed by atoms with Gasteiger partial charge in [0.05, 0.1) is 6.67 Å². The molecule has 1 aliphatic carbocycles. The van der Waals surface area contributed by atoms with E-state index < -0.39 is 0 Å². The van der Waals surface area contributed by atoms with Gasteiger partial charge in [0.1, 0.15) is 0 Å². The molecule has 0 unspecified atom stereocenters. The fourth-order valence-corrected chi connectivity index (χ4v) is 4.38. The smallest absolute Gasteiger partial charge is 0.204 e. The maximum absolute atomic E-state index is 5.88. The van der Waals surface area contributed by atoms with Gasteiger partial charge >= 0.3 is 0 Å². The Hall–Kier alpha value is -2.31. The van der Waals surface area contributed by atoms with Crippen LogP contribution in [-0.2, 0) is 6.67 Å². The zero-order valence-electron chi connectivity index (χ0n) is 16.4. The Morgan fingerprint density at radius 1 is 1.04 bits per heavy atom. The third kappa shape index (κ3) is 3.93. The first kappa shape index (κ1) is 19.0. The quantitative estimate of drug-likeness (QED) is 0.548. The number of hydrogen-bond donors (Lipinski definition) is 0. The summed E-state index contributed by atoms with van der Waals surface area (Å²) < 4.78 is 4.78. The van der Waals surface area contributed by atoms with Crippen LogP contribution >= 0.6 is 12.2 Å². The molecule has 0 N–H and O–H groups in total. The van der Waals surface area contributed by atoms with Crippen LogP contribution in [0.2, 0.25) is 0 Å².